The summed E-state index contributed by atoms with van der Waals surface area (Å²) in [5.74, 6) is 0. The molecule has 0 bridgehead atoms. The Morgan fingerprint density at radius 2 is 2.19 bits per heavy atom. The van der Waals surface area contributed by atoms with Gasteiger partial charge in [0.15, 0.2) is 0 Å². The molecule has 16 heavy (non-hydrogen) atoms. The van der Waals surface area contributed by atoms with Gasteiger partial charge in [0, 0.05) is 53.2 Å². The van der Waals surface area contributed by atoms with Crippen molar-refractivity contribution in [3.05, 3.63) is 18.0 Å². The zero-order valence-electron chi connectivity index (χ0n) is 10.4. The van der Waals surface area contributed by atoms with Gasteiger partial charge in [-0.05, 0) is 20.8 Å². The maximum absolute atomic E-state index is 11.1. The average Bonchev–Trinajstić information content (AvgIpc) is 2.66. The van der Waals surface area contributed by atoms with Crippen LogP contribution in [0.4, 0.5) is 0 Å². The van der Waals surface area contributed by atoms with E-state index in [0.717, 1.165) is 13.1 Å². The van der Waals surface area contributed by atoms with E-state index in [1.165, 1.54) is 5.56 Å². The van der Waals surface area contributed by atoms with Crippen LogP contribution in [0.2, 0.25) is 0 Å². The SMILES string of the molecule is CC(C)n1cc(CNCC(C)S(C)=O)cn1. The van der Waals surface area contributed by atoms with E-state index in [4.69, 9.17) is 0 Å². The van der Waals surface area contributed by atoms with Gasteiger partial charge >= 0.3 is 0 Å². The molecule has 0 amide bonds. The van der Waals surface area contributed by atoms with Crippen LogP contribution >= 0.6 is 0 Å². The third-order valence-electron chi connectivity index (χ3n) is 2.51. The highest BCUT2D eigenvalue weighted by Gasteiger charge is 2.06. The number of nitrogens with one attached hydrogen (secondary N) is 1. The molecule has 5 heteroatoms. The van der Waals surface area contributed by atoms with Crippen molar-refractivity contribution in [1.29, 1.82) is 0 Å². The van der Waals surface area contributed by atoms with Crippen molar-refractivity contribution < 1.29 is 4.21 Å². The summed E-state index contributed by atoms with van der Waals surface area (Å²) in [4.78, 5) is 0. The normalized spacial score (nSPS) is 15.3. The fraction of sp³-hybridized carbons (Fsp3) is 0.727. The molecule has 0 spiro atoms. The lowest BCUT2D eigenvalue weighted by molar-refractivity contribution is 0.531. The van der Waals surface area contributed by atoms with Gasteiger partial charge in [0.05, 0.1) is 6.20 Å². The lowest BCUT2D eigenvalue weighted by Crippen LogP contribution is -2.27. The summed E-state index contributed by atoms with van der Waals surface area (Å²) in [7, 11) is -0.754. The number of nitrogens with zero attached hydrogens (tertiary/aromatic N) is 2. The van der Waals surface area contributed by atoms with Crippen molar-refractivity contribution in [2.75, 3.05) is 12.8 Å². The molecule has 1 aromatic rings. The predicted molar refractivity (Wildman–Crippen MR) is 67.8 cm³/mol. The van der Waals surface area contributed by atoms with Gasteiger partial charge in [-0.2, -0.15) is 5.10 Å². The maximum atomic E-state index is 11.1. The molecule has 0 saturated carbocycles. The molecule has 0 fully saturated rings. The first-order valence-corrected chi connectivity index (χ1v) is 7.18. The van der Waals surface area contributed by atoms with Crippen LogP contribution in [0.1, 0.15) is 32.4 Å². The molecule has 0 aliphatic rings. The lowest BCUT2D eigenvalue weighted by Gasteiger charge is -2.08. The van der Waals surface area contributed by atoms with Gasteiger partial charge < -0.3 is 5.32 Å². The van der Waals surface area contributed by atoms with Gasteiger partial charge in [0.2, 0.25) is 0 Å². The van der Waals surface area contributed by atoms with Gasteiger partial charge in [0.1, 0.15) is 0 Å². The van der Waals surface area contributed by atoms with Crippen LogP contribution in [0.25, 0.3) is 0 Å². The van der Waals surface area contributed by atoms with Crippen LogP contribution in [-0.2, 0) is 17.3 Å². The molecule has 0 aliphatic heterocycles. The Labute approximate surface area is 99.9 Å². The highest BCUT2D eigenvalue weighted by molar-refractivity contribution is 7.84. The zero-order chi connectivity index (χ0) is 12.1. The van der Waals surface area contributed by atoms with E-state index in [1.54, 1.807) is 6.26 Å². The Morgan fingerprint density at radius 1 is 1.50 bits per heavy atom. The highest BCUT2D eigenvalue weighted by atomic mass is 32.2. The Hall–Kier alpha value is -0.680. The minimum Gasteiger partial charge on any atom is -0.311 e. The molecule has 2 atom stereocenters. The number of aromatic nitrogens is 2. The van der Waals surface area contributed by atoms with Crippen molar-refractivity contribution in [3.8, 4) is 0 Å². The van der Waals surface area contributed by atoms with Crippen molar-refractivity contribution in [2.45, 2.75) is 38.6 Å². The maximum Gasteiger partial charge on any atom is 0.0534 e. The standard InChI is InChI=1S/C11H21N3OS/c1-9(2)14-8-11(7-13-14)6-12-5-10(3)16(4)15/h7-10,12H,5-6H2,1-4H3. The predicted octanol–water partition coefficient (Wildman–Crippen LogP) is 1.32. The third kappa shape index (κ3) is 4.06. The Morgan fingerprint density at radius 3 is 2.69 bits per heavy atom. The molecule has 4 nitrogen and oxygen atoms in total. The molecule has 0 aliphatic carbocycles. The summed E-state index contributed by atoms with van der Waals surface area (Å²) < 4.78 is 13.1. The van der Waals surface area contributed by atoms with E-state index in [1.807, 2.05) is 24.0 Å². The van der Waals surface area contributed by atoms with Crippen LogP contribution < -0.4 is 5.32 Å². The van der Waals surface area contributed by atoms with Gasteiger partial charge in [-0.3, -0.25) is 8.89 Å². The van der Waals surface area contributed by atoms with Gasteiger partial charge in [-0.15, -0.1) is 0 Å². The first-order valence-electron chi connectivity index (χ1n) is 5.56. The Balaban J connectivity index is 2.34. The molecule has 0 aromatic carbocycles. The van der Waals surface area contributed by atoms with Crippen LogP contribution in [0.15, 0.2) is 12.4 Å². The first-order chi connectivity index (χ1) is 7.50. The van der Waals surface area contributed by atoms with Crippen LogP contribution in [0, 0.1) is 0 Å². The lowest BCUT2D eigenvalue weighted by atomic mass is 10.3. The molecule has 1 heterocycles. The summed E-state index contributed by atoms with van der Waals surface area (Å²) in [6, 6.07) is 0.399. The second-order valence-corrected chi connectivity index (χ2v) is 6.16. The minimum atomic E-state index is -0.754. The number of rotatable bonds is 6. The fourth-order valence-corrected chi connectivity index (χ4v) is 1.64. The molecule has 1 rings (SSSR count). The summed E-state index contributed by atoms with van der Waals surface area (Å²) in [6.45, 7) is 7.75. The molecule has 1 aromatic heterocycles. The van der Waals surface area contributed by atoms with E-state index >= 15 is 0 Å². The first kappa shape index (κ1) is 13.4. The third-order valence-corrected chi connectivity index (χ3v) is 3.81. The van der Waals surface area contributed by atoms with E-state index in [2.05, 4.69) is 24.3 Å². The summed E-state index contributed by atoms with van der Waals surface area (Å²) in [5.41, 5.74) is 1.17. The fourth-order valence-electron chi connectivity index (χ4n) is 1.29. The Kier molecular flexibility index (Phi) is 5.15. The van der Waals surface area contributed by atoms with Crippen molar-refractivity contribution in [3.63, 3.8) is 0 Å². The van der Waals surface area contributed by atoms with Crippen LogP contribution in [-0.4, -0.2) is 32.0 Å². The van der Waals surface area contributed by atoms with Gasteiger partial charge in [-0.1, -0.05) is 0 Å². The molecular formula is C11H21N3OS. The number of hydrogen-bond donors (Lipinski definition) is 1. The summed E-state index contributed by atoms with van der Waals surface area (Å²) in [6.07, 6.45) is 5.66. The zero-order valence-corrected chi connectivity index (χ0v) is 11.3. The van der Waals surface area contributed by atoms with E-state index in [-0.39, 0.29) is 5.25 Å². The van der Waals surface area contributed by atoms with E-state index in [0.29, 0.717) is 6.04 Å². The molecule has 0 saturated heterocycles. The smallest absolute Gasteiger partial charge is 0.0534 e. The second-order valence-electron chi connectivity index (χ2n) is 4.36. The average molecular weight is 243 g/mol. The minimum absolute atomic E-state index is 0.195. The van der Waals surface area contributed by atoms with Crippen molar-refractivity contribution in [1.82, 2.24) is 15.1 Å². The Bertz CT molecular complexity index is 349. The second kappa shape index (κ2) is 6.15. The molecular weight excluding hydrogens is 222 g/mol. The molecule has 1 N–H and O–H groups in total. The summed E-state index contributed by atoms with van der Waals surface area (Å²) in [5, 5.41) is 7.75. The van der Waals surface area contributed by atoms with Crippen LogP contribution in [0.3, 0.4) is 0 Å². The molecule has 2 unspecified atom stereocenters. The van der Waals surface area contributed by atoms with Crippen molar-refractivity contribution in [2.24, 2.45) is 0 Å². The topological polar surface area (TPSA) is 46.9 Å². The van der Waals surface area contributed by atoms with Crippen molar-refractivity contribution >= 4 is 10.8 Å². The monoisotopic (exact) mass is 243 g/mol. The quantitative estimate of drug-likeness (QED) is 0.819. The van der Waals surface area contributed by atoms with E-state index in [9.17, 15) is 4.21 Å². The largest absolute Gasteiger partial charge is 0.311 e. The molecule has 0 radical (unpaired) electrons. The summed E-state index contributed by atoms with van der Waals surface area (Å²) >= 11 is 0. The highest BCUT2D eigenvalue weighted by Crippen LogP contribution is 2.04. The van der Waals surface area contributed by atoms with Gasteiger partial charge in [-0.25, -0.2) is 0 Å². The van der Waals surface area contributed by atoms with Crippen LogP contribution in [0.5, 0.6) is 0 Å². The van der Waals surface area contributed by atoms with E-state index < -0.39 is 10.8 Å². The van der Waals surface area contributed by atoms with Gasteiger partial charge in [0.25, 0.3) is 0 Å². The molecule has 92 valence electrons. The number of hydrogen-bond acceptors (Lipinski definition) is 3.